The molecule has 0 saturated carbocycles. The van der Waals surface area contributed by atoms with Crippen molar-refractivity contribution in [2.75, 3.05) is 0 Å². The monoisotopic (exact) mass is 447 g/mol. The first-order chi connectivity index (χ1) is 15.7. The van der Waals surface area contributed by atoms with Gasteiger partial charge in [0.1, 0.15) is 12.4 Å². The lowest BCUT2D eigenvalue weighted by Gasteiger charge is -2.08. The SMILES string of the molecule is CCCCCCCCCCCCCCCCC[n+]1ccn(C(C)C)c1CCCCCCC. The summed E-state index contributed by atoms with van der Waals surface area (Å²) >= 11 is 0. The molecule has 0 amide bonds. The molecule has 0 unspecified atom stereocenters. The van der Waals surface area contributed by atoms with Crippen molar-refractivity contribution in [1.82, 2.24) is 4.57 Å². The van der Waals surface area contributed by atoms with Crippen LogP contribution in [0, 0.1) is 0 Å². The first-order valence-corrected chi connectivity index (χ1v) is 14.8. The highest BCUT2D eigenvalue weighted by Crippen LogP contribution is 2.14. The van der Waals surface area contributed by atoms with Crippen molar-refractivity contribution in [3.63, 3.8) is 0 Å². The van der Waals surface area contributed by atoms with Gasteiger partial charge >= 0.3 is 0 Å². The molecular formula is C30H59N2+. The van der Waals surface area contributed by atoms with Crippen molar-refractivity contribution in [2.24, 2.45) is 0 Å². The highest BCUT2D eigenvalue weighted by molar-refractivity contribution is 4.86. The molecule has 0 N–H and O–H groups in total. The first kappa shape index (κ1) is 29.2. The molecule has 1 aromatic heterocycles. The van der Waals surface area contributed by atoms with Crippen molar-refractivity contribution in [3.8, 4) is 0 Å². The molecule has 0 aliphatic heterocycles. The summed E-state index contributed by atoms with van der Waals surface area (Å²) in [5.74, 6) is 1.56. The lowest BCUT2D eigenvalue weighted by molar-refractivity contribution is -0.704. The minimum Gasteiger partial charge on any atom is -0.234 e. The fourth-order valence-corrected chi connectivity index (χ4v) is 4.96. The van der Waals surface area contributed by atoms with Crippen LogP contribution in [-0.4, -0.2) is 4.57 Å². The van der Waals surface area contributed by atoms with E-state index in [1.54, 1.807) is 5.82 Å². The largest absolute Gasteiger partial charge is 0.256 e. The zero-order valence-corrected chi connectivity index (χ0v) is 22.7. The zero-order valence-electron chi connectivity index (χ0n) is 22.7. The molecule has 0 saturated heterocycles. The van der Waals surface area contributed by atoms with Crippen molar-refractivity contribution < 1.29 is 4.57 Å². The van der Waals surface area contributed by atoms with Gasteiger partial charge in [0.05, 0.1) is 12.6 Å². The van der Waals surface area contributed by atoms with Crippen molar-refractivity contribution in [1.29, 1.82) is 0 Å². The number of rotatable bonds is 23. The van der Waals surface area contributed by atoms with Crippen molar-refractivity contribution >= 4 is 0 Å². The summed E-state index contributed by atoms with van der Waals surface area (Å²) in [7, 11) is 0. The number of hydrogen-bond donors (Lipinski definition) is 0. The van der Waals surface area contributed by atoms with E-state index in [4.69, 9.17) is 0 Å². The summed E-state index contributed by atoms with van der Waals surface area (Å²) in [5.41, 5.74) is 0. The van der Waals surface area contributed by atoms with Crippen LogP contribution < -0.4 is 4.57 Å². The molecule has 1 heterocycles. The Bertz CT molecular complexity index is 517. The van der Waals surface area contributed by atoms with E-state index >= 15 is 0 Å². The Labute approximate surface area is 202 Å². The molecule has 1 aromatic rings. The highest BCUT2D eigenvalue weighted by Gasteiger charge is 2.18. The molecule has 0 aliphatic carbocycles. The maximum Gasteiger partial charge on any atom is 0.256 e. The van der Waals surface area contributed by atoms with Gasteiger partial charge in [-0.2, -0.15) is 0 Å². The van der Waals surface area contributed by atoms with E-state index in [2.05, 4.69) is 49.2 Å². The van der Waals surface area contributed by atoms with Crippen LogP contribution in [0.5, 0.6) is 0 Å². The van der Waals surface area contributed by atoms with Crippen LogP contribution in [0.15, 0.2) is 12.4 Å². The zero-order chi connectivity index (χ0) is 23.3. The summed E-state index contributed by atoms with van der Waals surface area (Å²) in [6.45, 7) is 10.4. The third-order valence-electron chi connectivity index (χ3n) is 7.10. The number of aryl methyl sites for hydroxylation is 1. The van der Waals surface area contributed by atoms with Crippen molar-refractivity contribution in [3.05, 3.63) is 18.2 Å². The average Bonchev–Trinajstić information content (AvgIpc) is 3.19. The topological polar surface area (TPSA) is 8.81 Å². The van der Waals surface area contributed by atoms with Crippen LogP contribution in [0.2, 0.25) is 0 Å². The fraction of sp³-hybridized carbons (Fsp3) is 0.900. The molecule has 1 rings (SSSR count). The van der Waals surface area contributed by atoms with E-state index in [0.29, 0.717) is 6.04 Å². The summed E-state index contributed by atoms with van der Waals surface area (Å²) in [6.07, 6.45) is 34.4. The second-order valence-electron chi connectivity index (χ2n) is 10.5. The van der Waals surface area contributed by atoms with Crippen LogP contribution in [0.25, 0.3) is 0 Å². The summed E-state index contributed by atoms with van der Waals surface area (Å²) in [6, 6.07) is 0.572. The van der Waals surface area contributed by atoms with Gasteiger partial charge in [0.25, 0.3) is 5.82 Å². The third kappa shape index (κ3) is 14.4. The molecule has 2 heteroatoms. The van der Waals surface area contributed by atoms with Crippen LogP contribution in [0.1, 0.15) is 168 Å². The molecule has 2 nitrogen and oxygen atoms in total. The Morgan fingerprint density at radius 2 is 1.00 bits per heavy atom. The van der Waals surface area contributed by atoms with Crippen LogP contribution in [-0.2, 0) is 13.0 Å². The van der Waals surface area contributed by atoms with Crippen LogP contribution >= 0.6 is 0 Å². The summed E-state index contributed by atoms with van der Waals surface area (Å²) < 4.78 is 5.06. The Balaban J connectivity index is 2.06. The molecule has 0 radical (unpaired) electrons. The van der Waals surface area contributed by atoms with Gasteiger partial charge in [-0.05, 0) is 33.1 Å². The average molecular weight is 448 g/mol. The lowest BCUT2D eigenvalue weighted by Crippen LogP contribution is -2.37. The van der Waals surface area contributed by atoms with Gasteiger partial charge in [-0.15, -0.1) is 0 Å². The van der Waals surface area contributed by atoms with Crippen LogP contribution in [0.4, 0.5) is 0 Å². The number of hydrogen-bond acceptors (Lipinski definition) is 0. The Morgan fingerprint density at radius 1 is 0.594 bits per heavy atom. The molecule has 32 heavy (non-hydrogen) atoms. The number of aromatic nitrogens is 2. The molecule has 0 spiro atoms. The van der Waals surface area contributed by atoms with E-state index in [0.717, 1.165) is 0 Å². The molecule has 0 aromatic carbocycles. The smallest absolute Gasteiger partial charge is 0.234 e. The van der Waals surface area contributed by atoms with E-state index in [1.807, 2.05) is 0 Å². The third-order valence-corrected chi connectivity index (χ3v) is 7.10. The molecular weight excluding hydrogens is 388 g/mol. The van der Waals surface area contributed by atoms with Gasteiger partial charge in [-0.25, -0.2) is 9.13 Å². The van der Waals surface area contributed by atoms with Gasteiger partial charge < -0.3 is 0 Å². The van der Waals surface area contributed by atoms with E-state index in [9.17, 15) is 0 Å². The maximum absolute atomic E-state index is 2.56. The number of unbranched alkanes of at least 4 members (excludes halogenated alkanes) is 18. The number of imidazole rings is 1. The Kier molecular flexibility index (Phi) is 19.0. The van der Waals surface area contributed by atoms with Crippen molar-refractivity contribution in [2.45, 2.75) is 175 Å². The minimum absolute atomic E-state index is 0.572. The van der Waals surface area contributed by atoms with E-state index in [-0.39, 0.29) is 0 Å². The number of nitrogens with zero attached hydrogens (tertiary/aromatic N) is 2. The van der Waals surface area contributed by atoms with Gasteiger partial charge in [-0.1, -0.05) is 123 Å². The summed E-state index contributed by atoms with van der Waals surface area (Å²) in [4.78, 5) is 0. The van der Waals surface area contributed by atoms with Gasteiger partial charge in [0.15, 0.2) is 0 Å². The maximum atomic E-state index is 2.56. The van der Waals surface area contributed by atoms with Crippen LogP contribution in [0.3, 0.4) is 0 Å². The molecule has 188 valence electrons. The first-order valence-electron chi connectivity index (χ1n) is 14.8. The van der Waals surface area contributed by atoms with Gasteiger partial charge in [0.2, 0.25) is 0 Å². The lowest BCUT2D eigenvalue weighted by atomic mass is 10.0. The normalized spacial score (nSPS) is 11.7. The fourth-order valence-electron chi connectivity index (χ4n) is 4.96. The Morgan fingerprint density at radius 3 is 1.44 bits per heavy atom. The standard InChI is InChI=1S/C30H59N2/c1-5-7-9-11-12-13-14-15-16-17-18-19-20-22-24-26-31-27-28-32(29(3)4)30(31)25-23-21-10-8-6-2/h27-29H,5-26H2,1-4H3/q+1. The minimum atomic E-state index is 0.572. The Hall–Kier alpha value is -0.790. The quantitative estimate of drug-likeness (QED) is 0.117. The predicted molar refractivity (Wildman–Crippen MR) is 142 cm³/mol. The van der Waals surface area contributed by atoms with E-state index in [1.165, 1.54) is 141 Å². The molecule has 0 bridgehead atoms. The molecule has 0 aliphatic rings. The molecule has 0 atom stereocenters. The van der Waals surface area contributed by atoms with E-state index < -0.39 is 0 Å². The summed E-state index contributed by atoms with van der Waals surface area (Å²) in [5, 5.41) is 0. The second-order valence-corrected chi connectivity index (χ2v) is 10.5. The molecule has 0 fully saturated rings. The predicted octanol–water partition coefficient (Wildman–Crippen LogP) is 9.74. The van der Waals surface area contributed by atoms with Gasteiger partial charge in [0, 0.05) is 6.42 Å². The second kappa shape index (κ2) is 20.8. The highest BCUT2D eigenvalue weighted by atomic mass is 15.2. The van der Waals surface area contributed by atoms with Gasteiger partial charge in [-0.3, -0.25) is 0 Å².